The first-order chi connectivity index (χ1) is 7.85. The molecule has 0 bridgehead atoms. The number of hydrogen-bond acceptors (Lipinski definition) is 0. The molecule has 96 valence electrons. The maximum Gasteiger partial charge on any atom is -0.0233 e. The fourth-order valence-electron chi connectivity index (χ4n) is 1.85. The summed E-state index contributed by atoms with van der Waals surface area (Å²) in [6.45, 7) is 6.82. The van der Waals surface area contributed by atoms with Crippen molar-refractivity contribution in [3.8, 4) is 0 Å². The lowest BCUT2D eigenvalue weighted by atomic mass is 10.0. The van der Waals surface area contributed by atoms with E-state index in [4.69, 9.17) is 0 Å². The molecule has 0 aliphatic heterocycles. The third-order valence-corrected chi connectivity index (χ3v) is 4.42. The Morgan fingerprint density at radius 3 is 2.44 bits per heavy atom. The molecule has 0 aromatic heterocycles. The lowest BCUT2D eigenvalue weighted by molar-refractivity contribution is 0.608. The van der Waals surface area contributed by atoms with Gasteiger partial charge in [-0.25, -0.2) is 0 Å². The second-order valence-electron chi connectivity index (χ2n) is 4.60. The van der Waals surface area contributed by atoms with E-state index in [1.807, 2.05) is 0 Å². The summed E-state index contributed by atoms with van der Waals surface area (Å²) in [6.07, 6.45) is 17.3. The molecule has 0 heterocycles. The van der Waals surface area contributed by atoms with E-state index in [2.05, 4.69) is 32.9 Å². The average molecular weight is 242 g/mol. The van der Waals surface area contributed by atoms with Gasteiger partial charge in [0.05, 0.1) is 0 Å². The van der Waals surface area contributed by atoms with Crippen molar-refractivity contribution in [3.05, 3.63) is 12.2 Å². The molecule has 1 heteroatoms. The quantitative estimate of drug-likeness (QED) is 0.250. The Bertz CT molecular complexity index is 152. The number of hydrogen-bond donors (Lipinski definition) is 0. The summed E-state index contributed by atoms with van der Waals surface area (Å²) in [5, 5.41) is 0. The van der Waals surface area contributed by atoms with Crippen molar-refractivity contribution in [1.82, 2.24) is 0 Å². The van der Waals surface area contributed by atoms with Crippen LogP contribution in [0.2, 0.25) is 0 Å². The van der Waals surface area contributed by atoms with Gasteiger partial charge in [0.25, 0.3) is 0 Å². The molecule has 0 rings (SSSR count). The second kappa shape index (κ2) is 13.2. The fourth-order valence-corrected chi connectivity index (χ4v) is 3.18. The van der Waals surface area contributed by atoms with E-state index in [0.717, 1.165) is 5.92 Å². The summed E-state index contributed by atoms with van der Waals surface area (Å²) < 4.78 is 0. The molecule has 0 amide bonds. The Labute approximate surface area is 105 Å². The zero-order valence-electron chi connectivity index (χ0n) is 11.6. The average Bonchev–Trinajstić information content (AvgIpc) is 2.32. The zero-order chi connectivity index (χ0) is 12.1. The van der Waals surface area contributed by atoms with Crippen molar-refractivity contribution in [1.29, 1.82) is 0 Å². The number of rotatable bonds is 11. The molecule has 0 aromatic carbocycles. The van der Waals surface area contributed by atoms with Crippen LogP contribution in [0.3, 0.4) is 0 Å². The summed E-state index contributed by atoms with van der Waals surface area (Å²) in [4.78, 5) is 0. The zero-order valence-corrected chi connectivity index (χ0v) is 12.6. The lowest BCUT2D eigenvalue weighted by Crippen LogP contribution is -1.96. The van der Waals surface area contributed by atoms with E-state index in [0.29, 0.717) is 0 Å². The third kappa shape index (κ3) is 10.7. The molecule has 0 spiro atoms. The van der Waals surface area contributed by atoms with Gasteiger partial charge >= 0.3 is 0 Å². The van der Waals surface area contributed by atoms with E-state index in [9.17, 15) is 0 Å². The normalized spacial score (nSPS) is 14.2. The third-order valence-electron chi connectivity index (χ3n) is 3.07. The smallest absolute Gasteiger partial charge is 0.0233 e. The highest BCUT2D eigenvalue weighted by Crippen LogP contribution is 2.20. The molecular formula is C15H31P. The molecule has 0 aliphatic rings. The minimum absolute atomic E-state index is 0.850. The van der Waals surface area contributed by atoms with Gasteiger partial charge in [0.1, 0.15) is 0 Å². The van der Waals surface area contributed by atoms with E-state index < -0.39 is 0 Å². The topological polar surface area (TPSA) is 0 Å². The van der Waals surface area contributed by atoms with Crippen LogP contribution < -0.4 is 0 Å². The van der Waals surface area contributed by atoms with Gasteiger partial charge in [-0.2, -0.15) is 0 Å². The van der Waals surface area contributed by atoms with Crippen LogP contribution in [-0.4, -0.2) is 12.3 Å². The number of unbranched alkanes of at least 4 members (excludes halogenated alkanes) is 3. The fraction of sp³-hybridized carbons (Fsp3) is 0.867. The molecule has 0 saturated heterocycles. The van der Waals surface area contributed by atoms with E-state index >= 15 is 0 Å². The summed E-state index contributed by atoms with van der Waals surface area (Å²) >= 11 is 0. The Hall–Kier alpha value is 0.170. The van der Waals surface area contributed by atoms with Gasteiger partial charge in [-0.3, -0.25) is 0 Å². The van der Waals surface area contributed by atoms with Gasteiger partial charge in [-0.15, -0.1) is 8.58 Å². The van der Waals surface area contributed by atoms with Gasteiger partial charge in [-0.05, 0) is 43.9 Å². The monoisotopic (exact) mass is 242 g/mol. The minimum atomic E-state index is 0.850. The van der Waals surface area contributed by atoms with Crippen LogP contribution >= 0.6 is 8.58 Å². The number of allylic oxidation sites excluding steroid dienone is 2. The summed E-state index contributed by atoms with van der Waals surface area (Å²) in [6, 6.07) is 0. The Morgan fingerprint density at radius 1 is 1.00 bits per heavy atom. The molecule has 2 atom stereocenters. The highest BCUT2D eigenvalue weighted by atomic mass is 31.1. The first-order valence-corrected chi connectivity index (χ1v) is 8.63. The van der Waals surface area contributed by atoms with Crippen LogP contribution in [0.1, 0.15) is 65.7 Å². The highest BCUT2D eigenvalue weighted by Gasteiger charge is 2.00. The lowest BCUT2D eigenvalue weighted by Gasteiger charge is -2.09. The molecule has 2 unspecified atom stereocenters. The van der Waals surface area contributed by atoms with Crippen LogP contribution in [-0.2, 0) is 0 Å². The van der Waals surface area contributed by atoms with Gasteiger partial charge < -0.3 is 0 Å². The van der Waals surface area contributed by atoms with Crippen LogP contribution in [0, 0.1) is 5.92 Å². The Balaban J connectivity index is 3.30. The van der Waals surface area contributed by atoms with Crippen molar-refractivity contribution in [2.75, 3.05) is 12.3 Å². The summed E-state index contributed by atoms with van der Waals surface area (Å²) in [7, 11) is 1.21. The first kappa shape index (κ1) is 16.2. The van der Waals surface area contributed by atoms with Gasteiger partial charge in [-0.1, -0.05) is 52.2 Å². The molecule has 0 N–H and O–H groups in total. The molecule has 0 aliphatic carbocycles. The minimum Gasteiger partial charge on any atom is -0.122 e. The molecule has 0 radical (unpaired) electrons. The van der Waals surface area contributed by atoms with Crippen molar-refractivity contribution in [2.45, 2.75) is 65.7 Å². The predicted octanol–water partition coefficient (Wildman–Crippen LogP) is 5.63. The standard InChI is InChI=1S/C15H31P/c1-4-7-9-10-13-16-14-12-15(6-3)11-8-5-2/h8,11,15-16H,4-7,9-10,12-14H2,1-3H3. The highest BCUT2D eigenvalue weighted by molar-refractivity contribution is 7.37. The van der Waals surface area contributed by atoms with Crippen LogP contribution in [0.25, 0.3) is 0 Å². The maximum atomic E-state index is 2.43. The van der Waals surface area contributed by atoms with Crippen molar-refractivity contribution < 1.29 is 0 Å². The first-order valence-electron chi connectivity index (χ1n) is 7.22. The molecule has 0 saturated carbocycles. The van der Waals surface area contributed by atoms with Crippen LogP contribution in [0.5, 0.6) is 0 Å². The van der Waals surface area contributed by atoms with Gasteiger partial charge in [0.2, 0.25) is 0 Å². The molecule has 0 nitrogen and oxygen atoms in total. The van der Waals surface area contributed by atoms with Gasteiger partial charge in [0.15, 0.2) is 0 Å². The Morgan fingerprint density at radius 2 is 1.81 bits per heavy atom. The summed E-state index contributed by atoms with van der Waals surface area (Å²) in [5.41, 5.74) is 0. The van der Waals surface area contributed by atoms with Crippen molar-refractivity contribution in [2.24, 2.45) is 5.92 Å². The van der Waals surface area contributed by atoms with E-state index in [-0.39, 0.29) is 0 Å². The largest absolute Gasteiger partial charge is 0.122 e. The maximum absolute atomic E-state index is 2.43. The second-order valence-corrected chi connectivity index (χ2v) is 6.10. The molecule has 0 aromatic rings. The predicted molar refractivity (Wildman–Crippen MR) is 80.0 cm³/mol. The van der Waals surface area contributed by atoms with E-state index in [1.54, 1.807) is 0 Å². The van der Waals surface area contributed by atoms with E-state index in [1.165, 1.54) is 65.9 Å². The van der Waals surface area contributed by atoms with Crippen molar-refractivity contribution in [3.63, 3.8) is 0 Å². The molecule has 16 heavy (non-hydrogen) atoms. The van der Waals surface area contributed by atoms with Crippen molar-refractivity contribution >= 4 is 8.58 Å². The van der Waals surface area contributed by atoms with Crippen LogP contribution in [0.15, 0.2) is 12.2 Å². The molecular weight excluding hydrogens is 211 g/mol. The molecule has 0 fully saturated rings. The van der Waals surface area contributed by atoms with Crippen LogP contribution in [0.4, 0.5) is 0 Å². The SMILES string of the molecule is CCC=CC(CC)CCPCCCCCC. The van der Waals surface area contributed by atoms with Gasteiger partial charge in [0, 0.05) is 0 Å². The summed E-state index contributed by atoms with van der Waals surface area (Å²) in [5.74, 6) is 0.850. The Kier molecular flexibility index (Phi) is 13.4.